The lowest BCUT2D eigenvalue weighted by Crippen LogP contribution is -2.66. The van der Waals surface area contributed by atoms with E-state index in [4.69, 9.17) is 4.74 Å². The lowest BCUT2D eigenvalue weighted by Gasteiger charge is -2.55. The van der Waals surface area contributed by atoms with Gasteiger partial charge in [0.25, 0.3) is 0 Å². The minimum absolute atomic E-state index is 0.000441. The van der Waals surface area contributed by atoms with Crippen molar-refractivity contribution in [3.63, 3.8) is 0 Å². The number of anilines is 1. The summed E-state index contributed by atoms with van der Waals surface area (Å²) in [5, 5.41) is 13.3. The summed E-state index contributed by atoms with van der Waals surface area (Å²) in [5.41, 5.74) is 1.71. The molecule has 0 radical (unpaired) electrons. The van der Waals surface area contributed by atoms with Crippen LogP contribution in [0.15, 0.2) is 24.3 Å². The van der Waals surface area contributed by atoms with Crippen LogP contribution in [0.1, 0.15) is 37.7 Å². The minimum Gasteiger partial charge on any atom is -0.392 e. The van der Waals surface area contributed by atoms with Crippen molar-refractivity contribution in [2.24, 2.45) is 5.41 Å². The molecule has 2 fully saturated rings. The van der Waals surface area contributed by atoms with E-state index in [0.29, 0.717) is 26.1 Å². The fourth-order valence-corrected chi connectivity index (χ4v) is 4.64. The Kier molecular flexibility index (Phi) is 4.71. The van der Waals surface area contributed by atoms with Crippen molar-refractivity contribution in [3.05, 3.63) is 29.8 Å². The topological polar surface area (TPSA) is 78.9 Å². The summed E-state index contributed by atoms with van der Waals surface area (Å²) in [6.45, 7) is 1.29. The minimum atomic E-state index is -0.378. The maximum absolute atomic E-state index is 12.7. The van der Waals surface area contributed by atoms with Gasteiger partial charge in [-0.3, -0.25) is 9.59 Å². The highest BCUT2D eigenvalue weighted by Gasteiger charge is 2.55. The molecule has 2 N–H and O–H groups in total. The van der Waals surface area contributed by atoms with E-state index in [2.05, 4.69) is 5.32 Å². The van der Waals surface area contributed by atoms with Gasteiger partial charge in [-0.1, -0.05) is 18.2 Å². The Hall–Kier alpha value is -1.92. The van der Waals surface area contributed by atoms with Gasteiger partial charge >= 0.3 is 0 Å². The highest BCUT2D eigenvalue weighted by atomic mass is 16.5. The van der Waals surface area contributed by atoms with Gasteiger partial charge in [-0.05, 0) is 43.7 Å². The third kappa shape index (κ3) is 3.01. The van der Waals surface area contributed by atoms with Gasteiger partial charge in [-0.15, -0.1) is 0 Å². The SMILES string of the molecule is O=C(CN1C(=O)CCCc2ccccc21)N[C@@H]1C[C@@H](O)C12CCOCC2. The van der Waals surface area contributed by atoms with Gasteiger partial charge in [0.05, 0.1) is 6.10 Å². The van der Waals surface area contributed by atoms with Crippen LogP contribution in [-0.2, 0) is 20.7 Å². The number of aryl methyl sites for hydroxylation is 1. The third-order valence-electron chi connectivity index (χ3n) is 6.30. The van der Waals surface area contributed by atoms with E-state index in [1.165, 1.54) is 0 Å². The van der Waals surface area contributed by atoms with Crippen molar-refractivity contribution in [2.45, 2.75) is 50.7 Å². The molecule has 1 aromatic rings. The summed E-state index contributed by atoms with van der Waals surface area (Å²) in [5.74, 6) is -0.155. The number of nitrogens with zero attached hydrogens (tertiary/aromatic N) is 1. The predicted octanol–water partition coefficient (Wildman–Crippen LogP) is 1.40. The zero-order chi connectivity index (χ0) is 18.1. The maximum atomic E-state index is 12.7. The number of amides is 2. The number of fused-ring (bicyclic) bond motifs is 1. The number of carbonyl (C=O) groups excluding carboxylic acids is 2. The Morgan fingerprint density at radius 2 is 2.04 bits per heavy atom. The maximum Gasteiger partial charge on any atom is 0.240 e. The average Bonchev–Trinajstić information content (AvgIpc) is 2.81. The third-order valence-corrected chi connectivity index (χ3v) is 6.30. The van der Waals surface area contributed by atoms with E-state index in [-0.39, 0.29) is 35.9 Å². The van der Waals surface area contributed by atoms with E-state index in [1.54, 1.807) is 4.90 Å². The van der Waals surface area contributed by atoms with Crippen LogP contribution in [0.2, 0.25) is 0 Å². The fourth-order valence-electron chi connectivity index (χ4n) is 4.64. The quantitative estimate of drug-likeness (QED) is 0.856. The lowest BCUT2D eigenvalue weighted by atomic mass is 9.58. The molecule has 1 aromatic carbocycles. The molecule has 6 heteroatoms. The summed E-state index contributed by atoms with van der Waals surface area (Å²) in [6.07, 6.45) is 3.87. The van der Waals surface area contributed by atoms with Crippen molar-refractivity contribution < 1.29 is 19.4 Å². The van der Waals surface area contributed by atoms with Gasteiger partial charge in [0, 0.05) is 36.8 Å². The first-order chi connectivity index (χ1) is 12.6. The van der Waals surface area contributed by atoms with Crippen molar-refractivity contribution in [3.8, 4) is 0 Å². The zero-order valence-electron chi connectivity index (χ0n) is 14.9. The largest absolute Gasteiger partial charge is 0.392 e. The lowest BCUT2D eigenvalue weighted by molar-refractivity contribution is -0.155. The second-order valence-electron chi connectivity index (χ2n) is 7.68. The molecule has 1 aliphatic carbocycles. The number of carbonyl (C=O) groups is 2. The smallest absolute Gasteiger partial charge is 0.240 e. The highest BCUT2D eigenvalue weighted by molar-refractivity contribution is 5.99. The van der Waals surface area contributed by atoms with Gasteiger partial charge in [-0.25, -0.2) is 0 Å². The summed E-state index contributed by atoms with van der Waals surface area (Å²) in [4.78, 5) is 26.8. The fraction of sp³-hybridized carbons (Fsp3) is 0.600. The second-order valence-corrected chi connectivity index (χ2v) is 7.68. The first-order valence-corrected chi connectivity index (χ1v) is 9.53. The number of ether oxygens (including phenoxy) is 1. The molecule has 1 spiro atoms. The van der Waals surface area contributed by atoms with Crippen molar-refractivity contribution in [1.29, 1.82) is 0 Å². The van der Waals surface area contributed by atoms with Gasteiger partial charge in [0.1, 0.15) is 6.54 Å². The molecule has 2 aliphatic heterocycles. The molecule has 1 saturated carbocycles. The summed E-state index contributed by atoms with van der Waals surface area (Å²) < 4.78 is 5.41. The molecule has 0 bridgehead atoms. The second kappa shape index (κ2) is 7.00. The summed E-state index contributed by atoms with van der Waals surface area (Å²) >= 11 is 0. The molecule has 3 aliphatic rings. The molecule has 0 aromatic heterocycles. The summed E-state index contributed by atoms with van der Waals surface area (Å²) in [7, 11) is 0. The van der Waals surface area contributed by atoms with Gasteiger partial charge in [0.15, 0.2) is 0 Å². The van der Waals surface area contributed by atoms with Crippen LogP contribution in [0.4, 0.5) is 5.69 Å². The van der Waals surface area contributed by atoms with Crippen LogP contribution in [0.3, 0.4) is 0 Å². The van der Waals surface area contributed by atoms with E-state index in [1.807, 2.05) is 24.3 Å². The zero-order valence-corrected chi connectivity index (χ0v) is 14.9. The van der Waals surface area contributed by atoms with Gasteiger partial charge in [0.2, 0.25) is 11.8 Å². The standard InChI is InChI=1S/C20H26N2O4/c23-17-12-16(20(17)8-10-26-11-9-20)21-18(24)13-22-15-6-2-1-4-14(15)5-3-7-19(22)25/h1-2,4,6,16-17,23H,3,5,7-13H2,(H,21,24)/t16-,17-/m1/s1. The normalized spacial score (nSPS) is 27.4. The Morgan fingerprint density at radius 1 is 1.27 bits per heavy atom. The van der Waals surface area contributed by atoms with E-state index >= 15 is 0 Å². The van der Waals surface area contributed by atoms with Gasteiger partial charge < -0.3 is 20.1 Å². The highest BCUT2D eigenvalue weighted by Crippen LogP contribution is 2.48. The van der Waals surface area contributed by atoms with Crippen LogP contribution in [0, 0.1) is 5.41 Å². The monoisotopic (exact) mass is 358 g/mol. The van der Waals surface area contributed by atoms with Crippen LogP contribution in [0.5, 0.6) is 0 Å². The summed E-state index contributed by atoms with van der Waals surface area (Å²) in [6, 6.07) is 7.78. The molecule has 2 atom stereocenters. The van der Waals surface area contributed by atoms with Crippen molar-refractivity contribution >= 4 is 17.5 Å². The molecule has 26 heavy (non-hydrogen) atoms. The Morgan fingerprint density at radius 3 is 2.81 bits per heavy atom. The number of para-hydroxylation sites is 1. The molecule has 4 rings (SSSR count). The van der Waals surface area contributed by atoms with Gasteiger partial charge in [-0.2, -0.15) is 0 Å². The van der Waals surface area contributed by atoms with E-state index in [9.17, 15) is 14.7 Å². The molecule has 1 saturated heterocycles. The van der Waals surface area contributed by atoms with Crippen LogP contribution >= 0.6 is 0 Å². The Bertz CT molecular complexity index is 699. The number of nitrogens with one attached hydrogen (secondary N) is 1. The van der Waals surface area contributed by atoms with Crippen molar-refractivity contribution in [1.82, 2.24) is 5.32 Å². The number of hydrogen-bond acceptors (Lipinski definition) is 4. The molecular formula is C20H26N2O4. The number of benzene rings is 1. The molecular weight excluding hydrogens is 332 g/mol. The molecule has 140 valence electrons. The van der Waals surface area contributed by atoms with Crippen LogP contribution < -0.4 is 10.2 Å². The average molecular weight is 358 g/mol. The van der Waals surface area contributed by atoms with E-state index < -0.39 is 0 Å². The number of hydrogen-bond donors (Lipinski definition) is 2. The first kappa shape index (κ1) is 17.5. The van der Waals surface area contributed by atoms with E-state index in [0.717, 1.165) is 36.9 Å². The molecule has 2 amide bonds. The molecule has 2 heterocycles. The molecule has 0 unspecified atom stereocenters. The number of rotatable bonds is 3. The Labute approximate surface area is 153 Å². The van der Waals surface area contributed by atoms with Crippen LogP contribution in [0.25, 0.3) is 0 Å². The number of aliphatic hydroxyl groups is 1. The van der Waals surface area contributed by atoms with Crippen molar-refractivity contribution in [2.75, 3.05) is 24.7 Å². The first-order valence-electron chi connectivity index (χ1n) is 9.53. The number of aliphatic hydroxyl groups excluding tert-OH is 1. The molecule has 6 nitrogen and oxygen atoms in total. The Balaban J connectivity index is 1.45. The predicted molar refractivity (Wildman–Crippen MR) is 96.8 cm³/mol. The van der Waals surface area contributed by atoms with Crippen LogP contribution in [-0.4, -0.2) is 48.8 Å².